The molecule has 0 fully saturated rings. The van der Waals surface area contributed by atoms with Crippen molar-refractivity contribution in [2.45, 2.75) is 12.7 Å². The molecule has 38 heavy (non-hydrogen) atoms. The van der Waals surface area contributed by atoms with Gasteiger partial charge in [0.25, 0.3) is 5.91 Å². The number of benzene rings is 2. The molecular formula is C25H17ClF4N6O2. The van der Waals surface area contributed by atoms with Crippen molar-refractivity contribution in [3.8, 4) is 17.0 Å². The zero-order valence-electron chi connectivity index (χ0n) is 19.5. The molecule has 5 rings (SSSR count). The van der Waals surface area contributed by atoms with Crippen LogP contribution in [0.15, 0.2) is 67.0 Å². The first-order valence-corrected chi connectivity index (χ1v) is 11.4. The Morgan fingerprint density at radius 2 is 1.87 bits per heavy atom. The van der Waals surface area contributed by atoms with E-state index < -0.39 is 23.6 Å². The summed E-state index contributed by atoms with van der Waals surface area (Å²) in [7, 11) is 1.47. The average Bonchev–Trinajstić information content (AvgIpc) is 3.51. The summed E-state index contributed by atoms with van der Waals surface area (Å²) in [5, 5.41) is 10.8. The second-order valence-corrected chi connectivity index (χ2v) is 8.54. The maximum absolute atomic E-state index is 13.9. The summed E-state index contributed by atoms with van der Waals surface area (Å²) in [5.74, 6) is -0.568. The van der Waals surface area contributed by atoms with Gasteiger partial charge in [0.05, 0.1) is 25.5 Å². The van der Waals surface area contributed by atoms with Crippen LogP contribution in [0, 0.1) is 5.82 Å². The van der Waals surface area contributed by atoms with Crippen molar-refractivity contribution in [3.63, 3.8) is 0 Å². The summed E-state index contributed by atoms with van der Waals surface area (Å²) in [5.41, 5.74) is -0.547. The van der Waals surface area contributed by atoms with Gasteiger partial charge in [-0.3, -0.25) is 9.48 Å². The van der Waals surface area contributed by atoms with E-state index >= 15 is 0 Å². The Labute approximate surface area is 217 Å². The van der Waals surface area contributed by atoms with Crippen LogP contribution in [0.2, 0.25) is 5.02 Å². The zero-order chi connectivity index (χ0) is 27.0. The highest BCUT2D eigenvalue weighted by atomic mass is 35.5. The van der Waals surface area contributed by atoms with Crippen LogP contribution >= 0.6 is 11.6 Å². The van der Waals surface area contributed by atoms with Gasteiger partial charge in [-0.15, -0.1) is 0 Å². The number of ether oxygens (including phenoxy) is 1. The molecule has 0 unspecified atom stereocenters. The quantitative estimate of drug-likeness (QED) is 0.277. The molecule has 0 radical (unpaired) electrons. The van der Waals surface area contributed by atoms with E-state index in [0.29, 0.717) is 21.4 Å². The number of rotatable bonds is 6. The molecule has 1 N–H and O–H groups in total. The minimum absolute atomic E-state index is 0.00230. The van der Waals surface area contributed by atoms with Gasteiger partial charge in [-0.05, 0) is 48.0 Å². The molecule has 5 aromatic rings. The summed E-state index contributed by atoms with van der Waals surface area (Å²) in [6.07, 6.45) is -2.18. The lowest BCUT2D eigenvalue weighted by atomic mass is 10.1. The number of alkyl halides is 3. The summed E-state index contributed by atoms with van der Waals surface area (Å²) >= 11 is 6.06. The SMILES string of the molecule is COc1ccc(-c2cc(C(F)(F)F)n3ncc(C(=O)Nc4ccn(Cc5ccc(F)cc5Cl)n4)c3n2)cc1. The van der Waals surface area contributed by atoms with Gasteiger partial charge in [0.1, 0.15) is 17.1 Å². The van der Waals surface area contributed by atoms with Gasteiger partial charge in [0.2, 0.25) is 0 Å². The van der Waals surface area contributed by atoms with E-state index in [2.05, 4.69) is 20.5 Å². The van der Waals surface area contributed by atoms with Crippen LogP contribution in [-0.4, -0.2) is 37.4 Å². The molecule has 1 amide bonds. The van der Waals surface area contributed by atoms with E-state index in [1.165, 1.54) is 36.1 Å². The molecule has 0 saturated carbocycles. The van der Waals surface area contributed by atoms with Crippen LogP contribution in [0.5, 0.6) is 5.75 Å². The van der Waals surface area contributed by atoms with Crippen LogP contribution in [-0.2, 0) is 12.7 Å². The number of halogens is 5. The lowest BCUT2D eigenvalue weighted by Gasteiger charge is -2.12. The van der Waals surface area contributed by atoms with Gasteiger partial charge in [0, 0.05) is 22.8 Å². The van der Waals surface area contributed by atoms with Gasteiger partial charge >= 0.3 is 6.18 Å². The molecule has 2 aromatic carbocycles. The molecule has 0 aliphatic rings. The molecule has 13 heteroatoms. The van der Waals surface area contributed by atoms with Crippen molar-refractivity contribution >= 4 is 29.0 Å². The van der Waals surface area contributed by atoms with E-state index in [-0.39, 0.29) is 34.3 Å². The third-order valence-corrected chi connectivity index (χ3v) is 5.97. The number of amides is 1. The molecule has 0 bridgehead atoms. The number of methoxy groups -OCH3 is 1. The van der Waals surface area contributed by atoms with Crippen molar-refractivity contribution in [3.05, 3.63) is 94.7 Å². The predicted molar refractivity (Wildman–Crippen MR) is 131 cm³/mol. The molecule has 3 heterocycles. The largest absolute Gasteiger partial charge is 0.497 e. The normalized spacial score (nSPS) is 11.6. The number of anilines is 1. The highest BCUT2D eigenvalue weighted by molar-refractivity contribution is 6.31. The maximum atomic E-state index is 13.9. The number of nitrogens with zero attached hydrogens (tertiary/aromatic N) is 5. The molecule has 0 aliphatic carbocycles. The first kappa shape index (κ1) is 25.2. The number of aromatic nitrogens is 5. The Bertz CT molecular complexity index is 1650. The van der Waals surface area contributed by atoms with Crippen LogP contribution < -0.4 is 10.1 Å². The van der Waals surface area contributed by atoms with Crippen molar-refractivity contribution in [1.29, 1.82) is 0 Å². The van der Waals surface area contributed by atoms with Crippen LogP contribution in [0.4, 0.5) is 23.4 Å². The highest BCUT2D eigenvalue weighted by Crippen LogP contribution is 2.33. The summed E-state index contributed by atoms with van der Waals surface area (Å²) < 4.78 is 62.0. The van der Waals surface area contributed by atoms with Gasteiger partial charge in [-0.25, -0.2) is 13.9 Å². The first-order chi connectivity index (χ1) is 18.1. The molecule has 3 aromatic heterocycles. The Balaban J connectivity index is 1.45. The van der Waals surface area contributed by atoms with Gasteiger partial charge in [-0.2, -0.15) is 23.4 Å². The number of carbonyl (C=O) groups excluding carboxylic acids is 1. The third-order valence-electron chi connectivity index (χ3n) is 5.62. The van der Waals surface area contributed by atoms with Crippen molar-refractivity contribution < 1.29 is 27.1 Å². The van der Waals surface area contributed by atoms with Crippen LogP contribution in [0.1, 0.15) is 21.6 Å². The van der Waals surface area contributed by atoms with Gasteiger partial charge in [0.15, 0.2) is 17.2 Å². The molecule has 0 saturated heterocycles. The molecule has 0 atom stereocenters. The lowest BCUT2D eigenvalue weighted by molar-refractivity contribution is -0.142. The van der Waals surface area contributed by atoms with Crippen LogP contribution in [0.25, 0.3) is 16.9 Å². The minimum Gasteiger partial charge on any atom is -0.497 e. The number of hydrogen-bond donors (Lipinski definition) is 1. The fourth-order valence-electron chi connectivity index (χ4n) is 3.76. The van der Waals surface area contributed by atoms with E-state index in [1.54, 1.807) is 30.5 Å². The van der Waals surface area contributed by atoms with E-state index in [1.807, 2.05) is 0 Å². The number of nitrogens with one attached hydrogen (secondary N) is 1. The summed E-state index contributed by atoms with van der Waals surface area (Å²) in [6.45, 7) is 0.202. The monoisotopic (exact) mass is 544 g/mol. The van der Waals surface area contributed by atoms with Crippen molar-refractivity contribution in [1.82, 2.24) is 24.4 Å². The summed E-state index contributed by atoms with van der Waals surface area (Å²) in [4.78, 5) is 17.3. The smallest absolute Gasteiger partial charge is 0.433 e. The minimum atomic E-state index is -4.76. The fraction of sp³-hybridized carbons (Fsp3) is 0.120. The second-order valence-electron chi connectivity index (χ2n) is 8.13. The number of carbonyl (C=O) groups is 1. The number of fused-ring (bicyclic) bond motifs is 1. The standard InChI is InChI=1S/C25H17ClF4N6O2/c1-38-17-6-3-14(4-7-17)20-11-21(25(28,29)30)36-23(32-20)18(12-31-36)24(37)33-22-8-9-35(34-22)13-15-2-5-16(27)10-19(15)26/h2-12H,13H2,1H3,(H,33,34,37). The molecule has 8 nitrogen and oxygen atoms in total. The van der Waals surface area contributed by atoms with Crippen LogP contribution in [0.3, 0.4) is 0 Å². The number of hydrogen-bond acceptors (Lipinski definition) is 5. The molecule has 194 valence electrons. The van der Waals surface area contributed by atoms with E-state index in [9.17, 15) is 22.4 Å². The lowest BCUT2D eigenvalue weighted by Crippen LogP contribution is -2.16. The molecular weight excluding hydrogens is 528 g/mol. The Kier molecular flexibility index (Phi) is 6.49. The van der Waals surface area contributed by atoms with Crippen molar-refractivity contribution in [2.24, 2.45) is 0 Å². The Morgan fingerprint density at radius 1 is 1.11 bits per heavy atom. The van der Waals surface area contributed by atoms with Gasteiger partial charge in [-0.1, -0.05) is 17.7 Å². The second kappa shape index (κ2) is 9.78. The van der Waals surface area contributed by atoms with E-state index in [4.69, 9.17) is 16.3 Å². The third kappa shape index (κ3) is 5.02. The van der Waals surface area contributed by atoms with Gasteiger partial charge < -0.3 is 10.1 Å². The summed E-state index contributed by atoms with van der Waals surface area (Å²) in [6, 6.07) is 12.6. The highest BCUT2D eigenvalue weighted by Gasteiger charge is 2.36. The Hall–Kier alpha value is -4.45. The maximum Gasteiger partial charge on any atom is 0.433 e. The average molecular weight is 545 g/mol. The predicted octanol–water partition coefficient (Wildman–Crippen LogP) is 5.71. The zero-order valence-corrected chi connectivity index (χ0v) is 20.3. The molecule has 0 aliphatic heterocycles. The topological polar surface area (TPSA) is 86.3 Å². The first-order valence-electron chi connectivity index (χ1n) is 11.0. The molecule has 0 spiro atoms. The van der Waals surface area contributed by atoms with Crippen molar-refractivity contribution in [2.75, 3.05) is 12.4 Å². The Morgan fingerprint density at radius 3 is 2.55 bits per heavy atom. The fourth-order valence-corrected chi connectivity index (χ4v) is 3.99. The van der Waals surface area contributed by atoms with E-state index in [0.717, 1.165) is 12.3 Å².